The van der Waals surface area contributed by atoms with Crippen LogP contribution in [0.5, 0.6) is 11.5 Å². The summed E-state index contributed by atoms with van der Waals surface area (Å²) in [7, 11) is 3.67. The van der Waals surface area contributed by atoms with Gasteiger partial charge in [0.25, 0.3) is 0 Å². The van der Waals surface area contributed by atoms with Crippen LogP contribution >= 0.6 is 0 Å². The highest BCUT2D eigenvalue weighted by molar-refractivity contribution is 6.34. The fraction of sp³-hybridized carbons (Fsp3) is 0.333. The molecule has 0 aliphatic heterocycles. The van der Waals surface area contributed by atoms with Gasteiger partial charge in [-0.25, -0.2) is 0 Å². The van der Waals surface area contributed by atoms with Crippen LogP contribution in [-0.4, -0.2) is 21.6 Å². The molecule has 2 nitrogen and oxygen atoms in total. The minimum atomic E-state index is 0.687. The summed E-state index contributed by atoms with van der Waals surface area (Å²) in [6.45, 7) is 2.65. The minimum absolute atomic E-state index is 0.687. The number of ether oxygens (including phenoxy) is 2. The molecule has 0 spiro atoms. The molecule has 12 heavy (non-hydrogen) atoms. The van der Waals surface area contributed by atoms with Gasteiger partial charge in [-0.2, -0.15) is 0 Å². The fourth-order valence-electron chi connectivity index (χ4n) is 1.06. The molecule has 0 saturated heterocycles. The van der Waals surface area contributed by atoms with Crippen molar-refractivity contribution in [1.29, 1.82) is 0 Å². The van der Waals surface area contributed by atoms with Gasteiger partial charge < -0.3 is 9.47 Å². The molecule has 0 amide bonds. The third-order valence-electron chi connectivity index (χ3n) is 1.69. The van der Waals surface area contributed by atoms with E-state index in [0.717, 1.165) is 17.0 Å². The molecule has 0 radical (unpaired) electrons. The van der Waals surface area contributed by atoms with E-state index in [-0.39, 0.29) is 0 Å². The Bertz CT molecular complexity index is 261. The Kier molecular flexibility index (Phi) is 3.03. The standard InChI is InChI=1S/C9H13BO2/c1-3-12-7-4-5-8(10)9(6-7)11-2/h4-6H,3,10H2,1-2H3. The summed E-state index contributed by atoms with van der Waals surface area (Å²) in [4.78, 5) is 0. The van der Waals surface area contributed by atoms with E-state index >= 15 is 0 Å². The second-order valence-electron chi connectivity index (χ2n) is 2.56. The Hall–Kier alpha value is -1.12. The van der Waals surface area contributed by atoms with Crippen LogP contribution in [0.4, 0.5) is 0 Å². The van der Waals surface area contributed by atoms with E-state index in [0.29, 0.717) is 6.61 Å². The first-order valence-electron chi connectivity index (χ1n) is 4.05. The van der Waals surface area contributed by atoms with Crippen molar-refractivity contribution in [2.75, 3.05) is 13.7 Å². The van der Waals surface area contributed by atoms with Gasteiger partial charge in [0.1, 0.15) is 19.3 Å². The van der Waals surface area contributed by atoms with Crippen molar-refractivity contribution in [3.8, 4) is 11.5 Å². The van der Waals surface area contributed by atoms with E-state index in [4.69, 9.17) is 9.47 Å². The third kappa shape index (κ3) is 1.94. The van der Waals surface area contributed by atoms with Crippen molar-refractivity contribution >= 4 is 13.3 Å². The SMILES string of the molecule is Bc1ccc(OCC)cc1OC. The molecule has 0 atom stereocenters. The van der Waals surface area contributed by atoms with Crippen molar-refractivity contribution < 1.29 is 9.47 Å². The summed E-state index contributed by atoms with van der Waals surface area (Å²) in [5.74, 6) is 1.74. The van der Waals surface area contributed by atoms with Gasteiger partial charge in [-0.05, 0) is 18.5 Å². The first kappa shape index (κ1) is 8.98. The van der Waals surface area contributed by atoms with Crippen LogP contribution in [0.2, 0.25) is 0 Å². The molecule has 1 aromatic carbocycles. The van der Waals surface area contributed by atoms with Gasteiger partial charge in [0.05, 0.1) is 13.7 Å². The highest BCUT2D eigenvalue weighted by Gasteiger charge is 1.99. The smallest absolute Gasteiger partial charge is 0.144 e. The quantitative estimate of drug-likeness (QED) is 0.600. The molecule has 0 unspecified atom stereocenters. The molecular weight excluding hydrogens is 151 g/mol. The summed E-state index contributed by atoms with van der Waals surface area (Å²) < 4.78 is 10.5. The largest absolute Gasteiger partial charge is 0.497 e. The van der Waals surface area contributed by atoms with Gasteiger partial charge in [0.15, 0.2) is 0 Å². The fourth-order valence-corrected chi connectivity index (χ4v) is 1.06. The van der Waals surface area contributed by atoms with E-state index in [1.165, 1.54) is 0 Å². The molecule has 0 aliphatic carbocycles. The van der Waals surface area contributed by atoms with Crippen LogP contribution < -0.4 is 14.9 Å². The van der Waals surface area contributed by atoms with Crippen LogP contribution in [0, 0.1) is 0 Å². The normalized spacial score (nSPS) is 9.50. The minimum Gasteiger partial charge on any atom is -0.497 e. The maximum Gasteiger partial charge on any atom is 0.144 e. The van der Waals surface area contributed by atoms with Crippen molar-refractivity contribution in [2.24, 2.45) is 0 Å². The summed E-state index contributed by atoms with van der Waals surface area (Å²) in [6.07, 6.45) is 0. The highest BCUT2D eigenvalue weighted by Crippen LogP contribution is 2.16. The van der Waals surface area contributed by atoms with Crippen molar-refractivity contribution in [1.82, 2.24) is 0 Å². The van der Waals surface area contributed by atoms with Crippen LogP contribution in [0.15, 0.2) is 18.2 Å². The van der Waals surface area contributed by atoms with E-state index in [1.807, 2.05) is 33.0 Å². The predicted octanol–water partition coefficient (Wildman–Crippen LogP) is 0.352. The van der Waals surface area contributed by atoms with Crippen molar-refractivity contribution in [2.45, 2.75) is 6.92 Å². The average Bonchev–Trinajstić information content (AvgIpc) is 2.09. The number of hydrogen-bond donors (Lipinski definition) is 0. The molecule has 3 heteroatoms. The Morgan fingerprint density at radius 2 is 2.17 bits per heavy atom. The summed E-state index contributed by atoms with van der Waals surface area (Å²) in [6, 6.07) is 5.84. The second kappa shape index (κ2) is 4.05. The van der Waals surface area contributed by atoms with Gasteiger partial charge in [-0.1, -0.05) is 6.07 Å². The lowest BCUT2D eigenvalue weighted by Crippen LogP contribution is -2.06. The Balaban J connectivity index is 2.89. The first-order chi connectivity index (χ1) is 5.77. The maximum absolute atomic E-state index is 5.32. The molecule has 0 N–H and O–H groups in total. The molecule has 1 aromatic rings. The van der Waals surface area contributed by atoms with Gasteiger partial charge in [-0.3, -0.25) is 0 Å². The Morgan fingerprint density at radius 3 is 2.75 bits per heavy atom. The zero-order valence-electron chi connectivity index (χ0n) is 7.76. The van der Waals surface area contributed by atoms with E-state index < -0.39 is 0 Å². The number of benzene rings is 1. The zero-order valence-corrected chi connectivity index (χ0v) is 7.76. The van der Waals surface area contributed by atoms with Gasteiger partial charge in [0.2, 0.25) is 0 Å². The van der Waals surface area contributed by atoms with Crippen molar-refractivity contribution in [3.63, 3.8) is 0 Å². The second-order valence-corrected chi connectivity index (χ2v) is 2.56. The first-order valence-corrected chi connectivity index (χ1v) is 4.05. The van der Waals surface area contributed by atoms with E-state index in [1.54, 1.807) is 7.11 Å². The van der Waals surface area contributed by atoms with E-state index in [9.17, 15) is 0 Å². The van der Waals surface area contributed by atoms with Crippen LogP contribution in [0.1, 0.15) is 6.92 Å². The summed E-state index contributed by atoms with van der Waals surface area (Å²) in [5.41, 5.74) is 1.13. The lowest BCUT2D eigenvalue weighted by Gasteiger charge is -2.07. The van der Waals surface area contributed by atoms with Crippen molar-refractivity contribution in [3.05, 3.63) is 18.2 Å². The Labute approximate surface area is 73.9 Å². The monoisotopic (exact) mass is 164 g/mol. The average molecular weight is 164 g/mol. The molecule has 1 rings (SSSR count). The molecular formula is C9H13BO2. The molecule has 0 aromatic heterocycles. The molecule has 0 saturated carbocycles. The number of rotatable bonds is 3. The maximum atomic E-state index is 5.32. The van der Waals surface area contributed by atoms with E-state index in [2.05, 4.69) is 0 Å². The molecule has 0 bridgehead atoms. The molecule has 0 aliphatic rings. The number of hydrogen-bond acceptors (Lipinski definition) is 2. The van der Waals surface area contributed by atoms with Gasteiger partial charge in [-0.15, -0.1) is 0 Å². The van der Waals surface area contributed by atoms with Gasteiger partial charge >= 0.3 is 0 Å². The molecule has 64 valence electrons. The highest BCUT2D eigenvalue weighted by atomic mass is 16.5. The Morgan fingerprint density at radius 1 is 1.42 bits per heavy atom. The topological polar surface area (TPSA) is 18.5 Å². The third-order valence-corrected chi connectivity index (χ3v) is 1.69. The molecule has 0 fully saturated rings. The number of methoxy groups -OCH3 is 1. The van der Waals surface area contributed by atoms with Crippen LogP contribution in [-0.2, 0) is 0 Å². The van der Waals surface area contributed by atoms with Crippen LogP contribution in [0.3, 0.4) is 0 Å². The molecule has 0 heterocycles. The predicted molar refractivity (Wildman–Crippen MR) is 52.3 cm³/mol. The summed E-state index contributed by atoms with van der Waals surface area (Å²) >= 11 is 0. The van der Waals surface area contributed by atoms with Gasteiger partial charge in [0, 0.05) is 6.07 Å². The zero-order chi connectivity index (χ0) is 8.97. The lowest BCUT2D eigenvalue weighted by molar-refractivity contribution is 0.336. The summed E-state index contributed by atoms with van der Waals surface area (Å²) in [5, 5.41) is 0. The van der Waals surface area contributed by atoms with Crippen LogP contribution in [0.25, 0.3) is 0 Å². The lowest BCUT2D eigenvalue weighted by atomic mass is 9.95.